The van der Waals surface area contributed by atoms with Crippen LogP contribution in [0.15, 0.2) is 108 Å². The molecule has 1 aliphatic rings. The molecule has 0 radical (unpaired) electrons. The van der Waals surface area contributed by atoms with Crippen LogP contribution in [0.3, 0.4) is 0 Å². The third-order valence-electron chi connectivity index (χ3n) is 7.57. The summed E-state index contributed by atoms with van der Waals surface area (Å²) >= 11 is 0. The fourth-order valence-electron chi connectivity index (χ4n) is 5.75. The molecule has 1 aromatic heterocycles. The topological polar surface area (TPSA) is 68.7 Å². The number of fused-ring (bicyclic) bond motifs is 1. The molecule has 0 saturated carbocycles. The number of para-hydroxylation sites is 1. The van der Waals surface area contributed by atoms with Crippen molar-refractivity contribution in [1.29, 1.82) is 0 Å². The van der Waals surface area contributed by atoms with Crippen molar-refractivity contribution < 1.29 is 9.90 Å². The average Bonchev–Trinajstić information content (AvgIpc) is 3.58. The van der Waals surface area contributed by atoms with Gasteiger partial charge in [-0.3, -0.25) is 14.7 Å². The Labute approximate surface area is 218 Å². The van der Waals surface area contributed by atoms with Crippen molar-refractivity contribution in [3.8, 4) is 0 Å². The van der Waals surface area contributed by atoms with E-state index in [0.29, 0.717) is 6.42 Å². The Morgan fingerprint density at radius 1 is 0.973 bits per heavy atom. The highest BCUT2D eigenvalue weighted by atomic mass is 16.4. The van der Waals surface area contributed by atoms with Crippen molar-refractivity contribution in [2.45, 2.75) is 31.3 Å². The van der Waals surface area contributed by atoms with Gasteiger partial charge in [0.2, 0.25) is 0 Å². The predicted molar refractivity (Wildman–Crippen MR) is 150 cm³/mol. The molecule has 0 fully saturated rings. The van der Waals surface area contributed by atoms with E-state index in [0.717, 1.165) is 29.6 Å². The Kier molecular flexibility index (Phi) is 7.33. The second-order valence-electron chi connectivity index (χ2n) is 9.69. The van der Waals surface area contributed by atoms with E-state index in [9.17, 15) is 9.90 Å². The first-order valence-corrected chi connectivity index (χ1v) is 13.0. The number of aliphatic carboxylic acids is 1. The average molecular weight is 492 g/mol. The molecular weight excluding hydrogens is 458 g/mol. The second kappa shape index (κ2) is 11.0. The molecule has 2 unspecified atom stereocenters. The van der Waals surface area contributed by atoms with Gasteiger partial charge in [-0.1, -0.05) is 85.8 Å². The third kappa shape index (κ3) is 5.13. The number of carboxylic acid groups (broad SMARTS) is 1. The summed E-state index contributed by atoms with van der Waals surface area (Å²) in [5.74, 6) is -0.924. The molecule has 5 rings (SSSR count). The molecule has 0 spiro atoms. The first-order valence-electron chi connectivity index (χ1n) is 13.0. The first kappa shape index (κ1) is 24.7. The minimum Gasteiger partial charge on any atom is -0.481 e. The zero-order valence-corrected chi connectivity index (χ0v) is 21.1. The number of benzene rings is 3. The van der Waals surface area contributed by atoms with Crippen LogP contribution < -0.4 is 0 Å². The standard InChI is InChI=1S/C32H33N3O2/c1-2-35(23-29(24-12-5-3-6-13-24)25-14-7-4-8-15-25)32(18-11-19-34-32)27(21-31(36)37)20-26-22-33-30-17-10-9-16-28(26)30/h3-19,22,27,29,33H,2,20-21,23H2,1H3,(H,36,37). The molecule has 5 heteroatoms. The number of nitrogens with zero attached hydrogens (tertiary/aromatic N) is 2. The van der Waals surface area contributed by atoms with Crippen LogP contribution in [0.25, 0.3) is 10.9 Å². The molecule has 1 aliphatic heterocycles. The first-order chi connectivity index (χ1) is 18.1. The maximum atomic E-state index is 12.2. The SMILES string of the molecule is CCN(CC(c1ccccc1)c1ccccc1)C1(C(CC(=O)O)Cc2c[nH]c3ccccc23)C=CC=N1. The third-order valence-corrected chi connectivity index (χ3v) is 7.57. The lowest BCUT2D eigenvalue weighted by atomic mass is 9.81. The van der Waals surface area contributed by atoms with Gasteiger partial charge in [-0.15, -0.1) is 0 Å². The van der Waals surface area contributed by atoms with E-state index >= 15 is 0 Å². The number of aromatic nitrogens is 1. The molecule has 3 aromatic carbocycles. The van der Waals surface area contributed by atoms with Gasteiger partial charge in [0, 0.05) is 41.7 Å². The lowest BCUT2D eigenvalue weighted by molar-refractivity contribution is -0.139. The highest BCUT2D eigenvalue weighted by Gasteiger charge is 2.44. The molecule has 2 heterocycles. The number of hydrogen-bond acceptors (Lipinski definition) is 3. The van der Waals surface area contributed by atoms with Gasteiger partial charge in [0.1, 0.15) is 5.66 Å². The Morgan fingerprint density at radius 3 is 2.22 bits per heavy atom. The van der Waals surface area contributed by atoms with Crippen LogP contribution >= 0.6 is 0 Å². The highest BCUT2D eigenvalue weighted by Crippen LogP contribution is 2.39. The number of aliphatic imine (C=N–C) groups is 1. The van der Waals surface area contributed by atoms with Crippen molar-refractivity contribution in [2.24, 2.45) is 10.9 Å². The number of rotatable bonds is 11. The summed E-state index contributed by atoms with van der Waals surface area (Å²) < 4.78 is 0. The zero-order chi connectivity index (χ0) is 25.7. The van der Waals surface area contributed by atoms with Crippen molar-refractivity contribution >= 4 is 23.1 Å². The summed E-state index contributed by atoms with van der Waals surface area (Å²) in [4.78, 5) is 22.9. The summed E-state index contributed by atoms with van der Waals surface area (Å²) in [5, 5.41) is 11.1. The van der Waals surface area contributed by atoms with E-state index in [2.05, 4.69) is 83.5 Å². The van der Waals surface area contributed by atoms with Gasteiger partial charge in [-0.25, -0.2) is 0 Å². The molecular formula is C32H33N3O2. The van der Waals surface area contributed by atoms with E-state index < -0.39 is 11.6 Å². The maximum absolute atomic E-state index is 12.2. The monoisotopic (exact) mass is 491 g/mol. The predicted octanol–water partition coefficient (Wildman–Crippen LogP) is 6.29. The van der Waals surface area contributed by atoms with Crippen LogP contribution in [0.5, 0.6) is 0 Å². The molecule has 5 nitrogen and oxygen atoms in total. The fourth-order valence-corrected chi connectivity index (χ4v) is 5.75. The van der Waals surface area contributed by atoms with Crippen LogP contribution in [0, 0.1) is 5.92 Å². The van der Waals surface area contributed by atoms with Gasteiger partial charge >= 0.3 is 5.97 Å². The summed E-state index contributed by atoms with van der Waals surface area (Å²) in [6.07, 6.45) is 8.54. The quantitative estimate of drug-likeness (QED) is 0.259. The normalized spacial score (nSPS) is 17.7. The smallest absolute Gasteiger partial charge is 0.303 e. The number of aromatic amines is 1. The van der Waals surface area contributed by atoms with Crippen LogP contribution in [0.2, 0.25) is 0 Å². The molecule has 0 bridgehead atoms. The summed E-state index contributed by atoms with van der Waals surface area (Å²) in [5.41, 5.74) is 3.91. The van der Waals surface area contributed by atoms with Gasteiger partial charge in [0.05, 0.1) is 6.42 Å². The molecule has 37 heavy (non-hydrogen) atoms. The zero-order valence-electron chi connectivity index (χ0n) is 21.1. The lowest BCUT2D eigenvalue weighted by Gasteiger charge is -2.44. The van der Waals surface area contributed by atoms with Crippen molar-refractivity contribution in [3.63, 3.8) is 0 Å². The van der Waals surface area contributed by atoms with E-state index in [4.69, 9.17) is 4.99 Å². The number of allylic oxidation sites excluding steroid dienone is 1. The number of carbonyl (C=O) groups is 1. The van der Waals surface area contributed by atoms with Crippen LogP contribution in [0.1, 0.15) is 36.0 Å². The minimum absolute atomic E-state index is 0.0268. The molecule has 0 saturated heterocycles. The number of H-pyrrole nitrogens is 1. The van der Waals surface area contributed by atoms with E-state index in [-0.39, 0.29) is 18.3 Å². The van der Waals surface area contributed by atoms with Crippen molar-refractivity contribution in [3.05, 3.63) is 120 Å². The summed E-state index contributed by atoms with van der Waals surface area (Å²) in [7, 11) is 0. The highest BCUT2D eigenvalue weighted by molar-refractivity contribution is 5.83. The molecule has 2 atom stereocenters. The number of likely N-dealkylation sites (N-methyl/N-ethyl adjacent to an activating group) is 1. The molecule has 188 valence electrons. The fraction of sp³-hybridized carbons (Fsp3) is 0.250. The van der Waals surface area contributed by atoms with Crippen LogP contribution in [-0.4, -0.2) is 45.9 Å². The molecule has 0 aliphatic carbocycles. The van der Waals surface area contributed by atoms with Gasteiger partial charge in [0.25, 0.3) is 0 Å². The van der Waals surface area contributed by atoms with Crippen LogP contribution in [-0.2, 0) is 11.2 Å². The number of hydrogen-bond donors (Lipinski definition) is 2. The number of carboxylic acids is 1. The Balaban J connectivity index is 1.54. The van der Waals surface area contributed by atoms with Gasteiger partial charge in [-0.2, -0.15) is 0 Å². The Morgan fingerprint density at radius 2 is 1.62 bits per heavy atom. The second-order valence-corrected chi connectivity index (χ2v) is 9.69. The molecule has 4 aromatic rings. The Bertz CT molecular complexity index is 1340. The summed E-state index contributed by atoms with van der Waals surface area (Å²) in [6.45, 7) is 3.60. The van der Waals surface area contributed by atoms with Crippen molar-refractivity contribution in [2.75, 3.05) is 13.1 Å². The van der Waals surface area contributed by atoms with Gasteiger partial charge < -0.3 is 10.1 Å². The Hall–Kier alpha value is -3.96. The number of nitrogens with one attached hydrogen (secondary N) is 1. The van der Waals surface area contributed by atoms with Crippen LogP contribution in [0.4, 0.5) is 0 Å². The molecule has 2 N–H and O–H groups in total. The van der Waals surface area contributed by atoms with Gasteiger partial charge in [-0.05, 0) is 47.9 Å². The van der Waals surface area contributed by atoms with Crippen molar-refractivity contribution in [1.82, 2.24) is 9.88 Å². The minimum atomic E-state index is -0.807. The largest absolute Gasteiger partial charge is 0.481 e. The van der Waals surface area contributed by atoms with E-state index in [1.807, 2.05) is 42.8 Å². The lowest BCUT2D eigenvalue weighted by Crippen LogP contribution is -2.53. The summed E-state index contributed by atoms with van der Waals surface area (Å²) in [6, 6.07) is 29.3. The maximum Gasteiger partial charge on any atom is 0.303 e. The van der Waals surface area contributed by atoms with E-state index in [1.54, 1.807) is 0 Å². The van der Waals surface area contributed by atoms with E-state index in [1.165, 1.54) is 11.1 Å². The van der Waals surface area contributed by atoms with Gasteiger partial charge in [0.15, 0.2) is 0 Å². The molecule has 0 amide bonds.